The number of rotatable bonds is 9. The van der Waals surface area contributed by atoms with Gasteiger partial charge in [0.15, 0.2) is 11.5 Å². The van der Waals surface area contributed by atoms with Gasteiger partial charge in [-0.3, -0.25) is 0 Å². The van der Waals surface area contributed by atoms with Crippen molar-refractivity contribution >= 4 is 11.6 Å². The molecule has 25 heavy (non-hydrogen) atoms. The van der Waals surface area contributed by atoms with Crippen LogP contribution in [0.2, 0.25) is 0 Å². The van der Waals surface area contributed by atoms with Gasteiger partial charge in [-0.15, -0.1) is 0 Å². The zero-order valence-corrected chi connectivity index (χ0v) is 15.3. The molecule has 0 bridgehead atoms. The summed E-state index contributed by atoms with van der Waals surface area (Å²) in [5, 5.41) is 11.0. The summed E-state index contributed by atoms with van der Waals surface area (Å²) >= 11 is 6.18. The maximum Gasteiger partial charge on any atom is 0.387 e. The lowest BCUT2D eigenvalue weighted by Gasteiger charge is -2.18. The Hall–Kier alpha value is -1.85. The van der Waals surface area contributed by atoms with Crippen molar-refractivity contribution in [3.63, 3.8) is 0 Å². The van der Waals surface area contributed by atoms with Gasteiger partial charge in [0.05, 0.1) is 12.7 Å². The minimum absolute atomic E-state index is 0.0719. The van der Waals surface area contributed by atoms with Crippen LogP contribution in [0.25, 0.3) is 0 Å². The lowest BCUT2D eigenvalue weighted by Crippen LogP contribution is -2.06. The summed E-state index contributed by atoms with van der Waals surface area (Å²) in [6, 6.07) is 4.38. The van der Waals surface area contributed by atoms with Gasteiger partial charge in [0.1, 0.15) is 0 Å². The Morgan fingerprint density at radius 2 is 2.04 bits per heavy atom. The molecule has 0 radical (unpaired) electrons. The first-order chi connectivity index (χ1) is 11.8. The van der Waals surface area contributed by atoms with Gasteiger partial charge in [-0.1, -0.05) is 42.0 Å². The summed E-state index contributed by atoms with van der Waals surface area (Å²) in [5.41, 5.74) is 2.20. The van der Waals surface area contributed by atoms with Gasteiger partial charge in [-0.25, -0.2) is 0 Å². The van der Waals surface area contributed by atoms with Gasteiger partial charge >= 0.3 is 6.61 Å². The van der Waals surface area contributed by atoms with Crippen LogP contribution in [-0.4, -0.2) is 18.3 Å². The molecule has 0 aromatic heterocycles. The minimum Gasteiger partial charge on any atom is -0.490 e. The van der Waals surface area contributed by atoms with E-state index in [0.717, 1.165) is 11.1 Å². The summed E-state index contributed by atoms with van der Waals surface area (Å²) in [7, 11) is 0. The standard InChI is InChI=1S/C19H23ClF2O3/c1-5-12(4)14(15(20)6-2)11-16(23)13-8-9-17(25-19(21)22)18(10-13)24-7-3/h5-6,8-10,16,19,23H,2,7,11H2,1,3-4H3/b12-5-,15-14+/t16-/m0/s1. The van der Waals surface area contributed by atoms with Gasteiger partial charge in [-0.2, -0.15) is 8.78 Å². The summed E-state index contributed by atoms with van der Waals surface area (Å²) in [4.78, 5) is 0. The summed E-state index contributed by atoms with van der Waals surface area (Å²) in [5.74, 6) is 0.0831. The van der Waals surface area contributed by atoms with Crippen molar-refractivity contribution in [3.8, 4) is 11.5 Å². The Labute approximate surface area is 152 Å². The number of benzene rings is 1. The molecule has 0 aliphatic rings. The molecule has 3 nitrogen and oxygen atoms in total. The van der Waals surface area contributed by atoms with Crippen LogP contribution in [0, 0.1) is 0 Å². The summed E-state index contributed by atoms with van der Waals surface area (Å²) < 4.78 is 34.7. The first kappa shape index (κ1) is 21.2. The van der Waals surface area contributed by atoms with Gasteiger partial charge < -0.3 is 14.6 Å². The molecular formula is C19H23ClF2O3. The first-order valence-electron chi connectivity index (χ1n) is 7.87. The first-order valence-corrected chi connectivity index (χ1v) is 8.25. The number of halogens is 3. The van der Waals surface area contributed by atoms with Crippen LogP contribution in [0.4, 0.5) is 8.78 Å². The predicted octanol–water partition coefficient (Wildman–Crippen LogP) is 5.76. The highest BCUT2D eigenvalue weighted by Crippen LogP contribution is 2.35. The molecule has 0 fully saturated rings. The number of ether oxygens (including phenoxy) is 2. The third kappa shape index (κ3) is 6.18. The van der Waals surface area contributed by atoms with Crippen molar-refractivity contribution in [1.82, 2.24) is 0 Å². The third-order valence-electron chi connectivity index (χ3n) is 3.64. The van der Waals surface area contributed by atoms with Crippen molar-refractivity contribution < 1.29 is 23.4 Å². The van der Waals surface area contributed by atoms with E-state index in [1.807, 2.05) is 19.9 Å². The number of aliphatic hydroxyl groups excluding tert-OH is 1. The Kier molecular flexibility index (Phi) is 8.66. The molecule has 1 aromatic carbocycles. The SMILES string of the molecule is C=C/C(Cl)=C(C[C@H](O)c1ccc(OC(F)F)c(OCC)c1)\C(C)=C/C. The molecule has 1 atom stereocenters. The molecule has 0 saturated heterocycles. The largest absolute Gasteiger partial charge is 0.490 e. The van der Waals surface area contributed by atoms with Crippen LogP contribution in [0.15, 0.2) is 53.1 Å². The second-order valence-electron chi connectivity index (χ2n) is 5.24. The van der Waals surface area contributed by atoms with Crippen molar-refractivity contribution in [3.05, 3.63) is 58.7 Å². The van der Waals surface area contributed by atoms with Crippen molar-refractivity contribution in [2.45, 2.75) is 39.9 Å². The second kappa shape index (κ2) is 10.2. The molecule has 6 heteroatoms. The normalized spacial score (nSPS) is 14.2. The lowest BCUT2D eigenvalue weighted by atomic mass is 9.96. The molecule has 1 N–H and O–H groups in total. The van der Waals surface area contributed by atoms with Crippen molar-refractivity contribution in [1.29, 1.82) is 0 Å². The van der Waals surface area contributed by atoms with Crippen LogP contribution >= 0.6 is 11.6 Å². The molecule has 0 aliphatic heterocycles. The van der Waals surface area contributed by atoms with E-state index in [2.05, 4.69) is 11.3 Å². The average Bonchev–Trinajstić information content (AvgIpc) is 2.59. The number of allylic oxidation sites excluding steroid dienone is 4. The number of hydrogen-bond donors (Lipinski definition) is 1. The predicted molar refractivity (Wildman–Crippen MR) is 96.3 cm³/mol. The zero-order valence-electron chi connectivity index (χ0n) is 14.6. The van der Waals surface area contributed by atoms with Crippen molar-refractivity contribution in [2.24, 2.45) is 0 Å². The van der Waals surface area contributed by atoms with Crippen LogP contribution in [0.5, 0.6) is 11.5 Å². The molecule has 0 saturated carbocycles. The van der Waals surface area contributed by atoms with Crippen LogP contribution in [0.1, 0.15) is 38.9 Å². The molecule has 0 heterocycles. The Bertz CT molecular complexity index is 654. The van der Waals surface area contributed by atoms with E-state index < -0.39 is 12.7 Å². The number of aliphatic hydroxyl groups is 1. The molecule has 0 unspecified atom stereocenters. The molecule has 1 aromatic rings. The number of hydrogen-bond acceptors (Lipinski definition) is 3. The highest BCUT2D eigenvalue weighted by Gasteiger charge is 2.17. The average molecular weight is 373 g/mol. The van der Waals surface area contributed by atoms with E-state index in [9.17, 15) is 13.9 Å². The Morgan fingerprint density at radius 3 is 2.56 bits per heavy atom. The van der Waals surface area contributed by atoms with E-state index in [1.165, 1.54) is 24.3 Å². The fraction of sp³-hybridized carbons (Fsp3) is 0.368. The maximum atomic E-state index is 12.5. The highest BCUT2D eigenvalue weighted by molar-refractivity contribution is 6.31. The lowest BCUT2D eigenvalue weighted by molar-refractivity contribution is -0.0514. The third-order valence-corrected chi connectivity index (χ3v) is 4.02. The monoisotopic (exact) mass is 372 g/mol. The molecule has 0 aliphatic carbocycles. The fourth-order valence-electron chi connectivity index (χ4n) is 2.25. The number of alkyl halides is 2. The summed E-state index contributed by atoms with van der Waals surface area (Å²) in [6.07, 6.45) is 2.76. The molecule has 0 amide bonds. The second-order valence-corrected chi connectivity index (χ2v) is 5.65. The molecular weight excluding hydrogens is 350 g/mol. The van der Waals surface area contributed by atoms with E-state index in [4.69, 9.17) is 16.3 Å². The summed E-state index contributed by atoms with van der Waals surface area (Å²) in [6.45, 7) is 6.47. The van der Waals surface area contributed by atoms with Crippen LogP contribution in [-0.2, 0) is 0 Å². The molecule has 0 spiro atoms. The molecule has 138 valence electrons. The van der Waals surface area contributed by atoms with E-state index >= 15 is 0 Å². The highest BCUT2D eigenvalue weighted by atomic mass is 35.5. The molecule has 1 rings (SSSR count). The van der Waals surface area contributed by atoms with Crippen LogP contribution in [0.3, 0.4) is 0 Å². The van der Waals surface area contributed by atoms with E-state index in [-0.39, 0.29) is 24.5 Å². The van der Waals surface area contributed by atoms with Gasteiger partial charge in [0.2, 0.25) is 0 Å². The topological polar surface area (TPSA) is 38.7 Å². The van der Waals surface area contributed by atoms with Crippen LogP contribution < -0.4 is 9.47 Å². The van der Waals surface area contributed by atoms with Gasteiger partial charge in [-0.05, 0) is 44.0 Å². The van der Waals surface area contributed by atoms with Gasteiger partial charge in [0, 0.05) is 11.5 Å². The maximum absolute atomic E-state index is 12.5. The Balaban J connectivity index is 3.14. The zero-order chi connectivity index (χ0) is 19.0. The van der Waals surface area contributed by atoms with Crippen molar-refractivity contribution in [2.75, 3.05) is 6.61 Å². The van der Waals surface area contributed by atoms with E-state index in [1.54, 1.807) is 6.92 Å². The van der Waals surface area contributed by atoms with E-state index in [0.29, 0.717) is 10.6 Å². The fourth-order valence-corrected chi connectivity index (χ4v) is 2.48. The smallest absolute Gasteiger partial charge is 0.387 e. The Morgan fingerprint density at radius 1 is 1.36 bits per heavy atom. The van der Waals surface area contributed by atoms with Gasteiger partial charge in [0.25, 0.3) is 0 Å². The quantitative estimate of drug-likeness (QED) is 0.560. The minimum atomic E-state index is -2.95.